The number of ether oxygens (including phenoxy) is 1. The highest BCUT2D eigenvalue weighted by Gasteiger charge is 2.65. The molecule has 2 fully saturated rings. The van der Waals surface area contributed by atoms with Crippen molar-refractivity contribution in [3.63, 3.8) is 0 Å². The van der Waals surface area contributed by atoms with E-state index in [-0.39, 0.29) is 37.3 Å². The molecule has 3 aliphatic heterocycles. The van der Waals surface area contributed by atoms with Crippen LogP contribution < -0.4 is 10.2 Å². The minimum absolute atomic E-state index is 0.0118. The third-order valence-corrected chi connectivity index (χ3v) is 10.6. The lowest BCUT2D eigenvalue weighted by atomic mass is 9.82. The average Bonchev–Trinajstić information content (AvgIpc) is 3.31. The zero-order valence-electron chi connectivity index (χ0n) is 21.9. The molecule has 0 saturated carbocycles. The van der Waals surface area contributed by atoms with E-state index >= 15 is 4.11 Å². The summed E-state index contributed by atoms with van der Waals surface area (Å²) in [6.07, 6.45) is -0.433. The topological polar surface area (TPSA) is 99.2 Å². The normalized spacial score (nSPS) is 26.3. The van der Waals surface area contributed by atoms with Gasteiger partial charge in [0, 0.05) is 54.5 Å². The first-order valence-electron chi connectivity index (χ1n) is 13.1. The molecule has 0 aliphatic carbocycles. The number of aliphatic hydroxyl groups excluding tert-OH is 1. The molecule has 2 N–H and O–H groups in total. The number of β-lactam (4-membered cyclic amide) rings is 1. The highest BCUT2D eigenvalue weighted by Crippen LogP contribution is 2.59. The molecule has 3 amide bonds. The number of carbonyl (C=O) groups is 3. The number of halogens is 1. The standard InChI is InChI=1S/C28H34FN3O5Si/c1-18-26(38(2,3)29)23(16-25(35)31(13-14-33)17-19-7-5-4-6-8-19)37-28(18)21-15-20(32-12-11-24(32)34)9-10-22(21)30-27(28)36/h4-10,15,18,23,26,33H,11-14,16-17H2,1-3H3,(H,30,36)/t18-,23+,26-,28+/m0/s1. The average molecular weight is 540 g/mol. The molecule has 202 valence electrons. The summed E-state index contributed by atoms with van der Waals surface area (Å²) >= 11 is 0. The zero-order valence-corrected chi connectivity index (χ0v) is 22.9. The molecular weight excluding hydrogens is 505 g/mol. The molecule has 0 bridgehead atoms. The van der Waals surface area contributed by atoms with Crippen molar-refractivity contribution in [2.75, 3.05) is 29.9 Å². The Morgan fingerprint density at radius 1 is 1.24 bits per heavy atom. The number of carbonyl (C=O) groups excluding carboxylic acids is 3. The molecule has 5 rings (SSSR count). The van der Waals surface area contributed by atoms with Crippen molar-refractivity contribution in [2.24, 2.45) is 5.92 Å². The Morgan fingerprint density at radius 3 is 2.58 bits per heavy atom. The number of hydrogen-bond donors (Lipinski definition) is 2. The van der Waals surface area contributed by atoms with Crippen LogP contribution >= 0.6 is 0 Å². The Labute approximate surface area is 222 Å². The molecular formula is C28H34FN3O5Si. The van der Waals surface area contributed by atoms with E-state index in [1.807, 2.05) is 37.3 Å². The molecule has 4 atom stereocenters. The quantitative estimate of drug-likeness (QED) is 0.304. The van der Waals surface area contributed by atoms with Crippen molar-refractivity contribution in [3.05, 3.63) is 59.7 Å². The number of anilines is 2. The predicted molar refractivity (Wildman–Crippen MR) is 144 cm³/mol. The molecule has 2 aromatic carbocycles. The molecule has 1 spiro atoms. The van der Waals surface area contributed by atoms with E-state index < -0.39 is 31.6 Å². The maximum Gasteiger partial charge on any atom is 0.261 e. The third kappa shape index (κ3) is 4.44. The number of hydrogen-bond acceptors (Lipinski definition) is 5. The van der Waals surface area contributed by atoms with Crippen LogP contribution in [0.1, 0.15) is 30.9 Å². The van der Waals surface area contributed by atoms with Crippen LogP contribution in [0.3, 0.4) is 0 Å². The second kappa shape index (κ2) is 9.90. The number of amides is 3. The van der Waals surface area contributed by atoms with Crippen LogP contribution in [0.25, 0.3) is 0 Å². The van der Waals surface area contributed by atoms with Crippen molar-refractivity contribution in [3.8, 4) is 0 Å². The van der Waals surface area contributed by atoms with E-state index in [2.05, 4.69) is 5.32 Å². The van der Waals surface area contributed by atoms with E-state index in [1.54, 1.807) is 41.1 Å². The first kappa shape index (κ1) is 26.5. The van der Waals surface area contributed by atoms with Gasteiger partial charge in [-0.15, -0.1) is 0 Å². The maximum atomic E-state index is 15.9. The molecule has 8 nitrogen and oxygen atoms in total. The van der Waals surface area contributed by atoms with Crippen LogP contribution in [0.15, 0.2) is 48.5 Å². The lowest BCUT2D eigenvalue weighted by Gasteiger charge is -2.33. The summed E-state index contributed by atoms with van der Waals surface area (Å²) in [6, 6.07) is 14.8. The highest BCUT2D eigenvalue weighted by atomic mass is 28.4. The van der Waals surface area contributed by atoms with Crippen LogP contribution in [0.2, 0.25) is 18.6 Å². The summed E-state index contributed by atoms with van der Waals surface area (Å²) < 4.78 is 22.4. The Bertz CT molecular complexity index is 1250. The Morgan fingerprint density at radius 2 is 1.97 bits per heavy atom. The van der Waals surface area contributed by atoms with E-state index in [0.717, 1.165) is 5.56 Å². The fraction of sp³-hybridized carbons (Fsp3) is 0.464. The van der Waals surface area contributed by atoms with Crippen LogP contribution in [-0.4, -0.2) is 61.9 Å². The van der Waals surface area contributed by atoms with Gasteiger partial charge in [0.25, 0.3) is 5.91 Å². The fourth-order valence-electron chi connectivity index (χ4n) is 6.33. The van der Waals surface area contributed by atoms with Crippen LogP contribution in [0, 0.1) is 5.92 Å². The van der Waals surface area contributed by atoms with Gasteiger partial charge in [0.15, 0.2) is 5.60 Å². The first-order chi connectivity index (χ1) is 18.1. The fourth-order valence-corrected chi connectivity index (χ4v) is 8.82. The van der Waals surface area contributed by atoms with Crippen molar-refractivity contribution < 1.29 is 28.3 Å². The van der Waals surface area contributed by atoms with E-state index in [4.69, 9.17) is 4.74 Å². The number of benzene rings is 2. The maximum absolute atomic E-state index is 15.9. The Kier molecular flexibility index (Phi) is 6.91. The van der Waals surface area contributed by atoms with Crippen molar-refractivity contribution in [1.82, 2.24) is 4.90 Å². The molecule has 38 heavy (non-hydrogen) atoms. The van der Waals surface area contributed by atoms with Gasteiger partial charge in [-0.3, -0.25) is 14.4 Å². The lowest BCUT2D eigenvalue weighted by Crippen LogP contribution is -2.44. The second-order valence-corrected chi connectivity index (χ2v) is 14.8. The van der Waals surface area contributed by atoms with Gasteiger partial charge in [-0.2, -0.15) is 0 Å². The van der Waals surface area contributed by atoms with Crippen LogP contribution in [0.5, 0.6) is 0 Å². The Balaban J connectivity index is 1.47. The summed E-state index contributed by atoms with van der Waals surface area (Å²) in [5.41, 5.74) is 0.685. The van der Waals surface area contributed by atoms with E-state index in [1.165, 1.54) is 0 Å². The molecule has 10 heteroatoms. The first-order valence-corrected chi connectivity index (χ1v) is 16.1. The number of fused-ring (bicyclic) bond motifs is 2. The summed E-state index contributed by atoms with van der Waals surface area (Å²) in [5, 5.41) is 12.5. The summed E-state index contributed by atoms with van der Waals surface area (Å²) in [7, 11) is -3.42. The summed E-state index contributed by atoms with van der Waals surface area (Å²) in [4.78, 5) is 42.3. The number of nitrogens with one attached hydrogen (secondary N) is 1. The predicted octanol–water partition coefficient (Wildman–Crippen LogP) is 3.56. The lowest BCUT2D eigenvalue weighted by molar-refractivity contribution is -0.148. The zero-order chi connectivity index (χ0) is 27.2. The number of aliphatic hydroxyl groups is 1. The Hall–Kier alpha value is -3.08. The smallest absolute Gasteiger partial charge is 0.261 e. The van der Waals surface area contributed by atoms with Crippen molar-refractivity contribution in [2.45, 2.75) is 56.7 Å². The highest BCUT2D eigenvalue weighted by molar-refractivity contribution is 6.72. The van der Waals surface area contributed by atoms with Crippen molar-refractivity contribution in [1.29, 1.82) is 0 Å². The van der Waals surface area contributed by atoms with Gasteiger partial charge >= 0.3 is 0 Å². The van der Waals surface area contributed by atoms with Crippen molar-refractivity contribution >= 4 is 37.5 Å². The van der Waals surface area contributed by atoms with E-state index in [0.29, 0.717) is 36.4 Å². The van der Waals surface area contributed by atoms with Gasteiger partial charge in [0.05, 0.1) is 19.1 Å². The molecule has 2 saturated heterocycles. The van der Waals surface area contributed by atoms with Gasteiger partial charge in [-0.25, -0.2) is 0 Å². The minimum atomic E-state index is -3.42. The SMILES string of the molecule is C[C@H]1[C@H]([Si](C)(C)F)[C@@H](CC(=O)N(CCO)Cc2ccccc2)O[C@]12C(=O)Nc1ccc(N3CCC3=O)cc12. The molecule has 0 unspecified atom stereocenters. The molecule has 0 aromatic heterocycles. The molecule has 3 aliphatic rings. The number of rotatable bonds is 8. The van der Waals surface area contributed by atoms with Gasteiger partial charge < -0.3 is 29.1 Å². The molecule has 0 radical (unpaired) electrons. The third-order valence-electron chi connectivity index (χ3n) is 8.18. The van der Waals surface area contributed by atoms with Gasteiger partial charge in [0.2, 0.25) is 20.2 Å². The number of nitrogens with zero attached hydrogens (tertiary/aromatic N) is 2. The monoisotopic (exact) mass is 539 g/mol. The van der Waals surface area contributed by atoms with Gasteiger partial charge in [-0.05, 0) is 36.9 Å². The summed E-state index contributed by atoms with van der Waals surface area (Å²) in [6.45, 7) is 5.86. The largest absolute Gasteiger partial charge is 0.395 e. The van der Waals surface area contributed by atoms with Gasteiger partial charge in [-0.1, -0.05) is 37.3 Å². The molecule has 3 heterocycles. The second-order valence-electron chi connectivity index (χ2n) is 11.0. The van der Waals surface area contributed by atoms with Crippen LogP contribution in [-0.2, 0) is 31.3 Å². The summed E-state index contributed by atoms with van der Waals surface area (Å²) in [5.74, 6) is -1.16. The molecule has 2 aromatic rings. The van der Waals surface area contributed by atoms with Gasteiger partial charge in [0.1, 0.15) is 0 Å². The minimum Gasteiger partial charge on any atom is -0.395 e. The van der Waals surface area contributed by atoms with E-state index in [9.17, 15) is 19.5 Å². The van der Waals surface area contributed by atoms with Crippen LogP contribution in [0.4, 0.5) is 15.5 Å².